The zero-order valence-electron chi connectivity index (χ0n) is 10.5. The number of carboxylic acid groups (broad SMARTS) is 1. The number of hydrogen-bond donors (Lipinski definition) is 2. The summed E-state index contributed by atoms with van der Waals surface area (Å²) >= 11 is 1.07. The molecule has 0 atom stereocenters. The Morgan fingerprint density at radius 1 is 1.35 bits per heavy atom. The molecule has 0 unspecified atom stereocenters. The maximum absolute atomic E-state index is 11.5. The highest BCUT2D eigenvalue weighted by Crippen LogP contribution is 2.34. The Morgan fingerprint density at radius 3 is 2.50 bits per heavy atom. The summed E-state index contributed by atoms with van der Waals surface area (Å²) in [5.74, 6) is -1.24. The van der Waals surface area contributed by atoms with E-state index >= 15 is 0 Å². The molecule has 0 aliphatic heterocycles. The van der Waals surface area contributed by atoms with Crippen molar-refractivity contribution in [3.8, 4) is 0 Å². The van der Waals surface area contributed by atoms with Crippen LogP contribution in [-0.2, 0) is 17.3 Å². The van der Waals surface area contributed by atoms with Gasteiger partial charge in [0.2, 0.25) is 10.9 Å². The summed E-state index contributed by atoms with van der Waals surface area (Å²) in [6.45, 7) is 1.83. The number of aromatic nitrogens is 1. The third-order valence-corrected chi connectivity index (χ3v) is 4.59. The van der Waals surface area contributed by atoms with Crippen LogP contribution in [-0.4, -0.2) is 24.5 Å². The zero-order valence-corrected chi connectivity index (χ0v) is 12.2. The third kappa shape index (κ3) is 2.81. The van der Waals surface area contributed by atoms with Gasteiger partial charge >= 0.3 is 5.97 Å². The number of thiol groups is 1. The molecule has 20 heavy (non-hydrogen) atoms. The van der Waals surface area contributed by atoms with Crippen molar-refractivity contribution in [2.75, 3.05) is 4.31 Å². The van der Waals surface area contributed by atoms with E-state index in [1.165, 1.54) is 0 Å². The second-order valence-corrected chi connectivity index (χ2v) is 5.74. The molecule has 0 aliphatic rings. The first-order chi connectivity index (χ1) is 9.54. The number of anilines is 2. The Morgan fingerprint density at radius 2 is 2.00 bits per heavy atom. The number of hydrogen-bond acceptors (Lipinski definition) is 5. The van der Waals surface area contributed by atoms with Gasteiger partial charge < -0.3 is 5.11 Å². The van der Waals surface area contributed by atoms with Crippen molar-refractivity contribution < 1.29 is 18.3 Å². The van der Waals surface area contributed by atoms with Gasteiger partial charge in [0.25, 0.3) is 0 Å². The number of thiazole rings is 1. The molecule has 0 spiro atoms. The van der Waals surface area contributed by atoms with E-state index in [4.69, 9.17) is 0 Å². The third-order valence-electron chi connectivity index (χ3n) is 2.52. The van der Waals surface area contributed by atoms with Crippen LogP contribution in [0.4, 0.5) is 10.7 Å². The SMILES string of the molecule is CCc1nc(C(=O)O)c(N(c2ccccc2)[SH](=O)=O)s1. The molecule has 1 N–H and O–H groups in total. The summed E-state index contributed by atoms with van der Waals surface area (Å²) in [6, 6.07) is 8.32. The number of aryl methyl sites for hydroxylation is 1. The van der Waals surface area contributed by atoms with Crippen molar-refractivity contribution in [3.05, 3.63) is 41.0 Å². The quantitative estimate of drug-likeness (QED) is 0.825. The fourth-order valence-electron chi connectivity index (χ4n) is 1.64. The summed E-state index contributed by atoms with van der Waals surface area (Å²) in [5, 5.41) is 9.86. The second kappa shape index (κ2) is 6.02. The molecule has 0 saturated heterocycles. The maximum Gasteiger partial charge on any atom is 0.357 e. The number of nitrogens with zero attached hydrogens (tertiary/aromatic N) is 2. The largest absolute Gasteiger partial charge is 0.476 e. The Labute approximate surface area is 121 Å². The topological polar surface area (TPSA) is 87.6 Å². The summed E-state index contributed by atoms with van der Waals surface area (Å²) < 4.78 is 24.0. The molecular formula is C12H12N2O4S2. The zero-order chi connectivity index (χ0) is 14.7. The highest BCUT2D eigenvalue weighted by Gasteiger charge is 2.24. The lowest BCUT2D eigenvalue weighted by Gasteiger charge is -2.15. The molecule has 106 valence electrons. The van der Waals surface area contributed by atoms with E-state index in [1.54, 1.807) is 30.3 Å². The average molecular weight is 312 g/mol. The number of benzene rings is 1. The minimum atomic E-state index is -3.01. The van der Waals surface area contributed by atoms with Gasteiger partial charge in [0.15, 0.2) is 5.69 Å². The summed E-state index contributed by atoms with van der Waals surface area (Å²) in [4.78, 5) is 15.2. The van der Waals surface area contributed by atoms with E-state index < -0.39 is 16.9 Å². The Hall–Kier alpha value is -1.93. The molecule has 0 amide bonds. The first-order valence-electron chi connectivity index (χ1n) is 5.77. The van der Waals surface area contributed by atoms with E-state index in [-0.39, 0.29) is 10.7 Å². The number of rotatable bonds is 5. The molecule has 2 aromatic rings. The van der Waals surface area contributed by atoms with Crippen LogP contribution in [0, 0.1) is 0 Å². The molecule has 0 fully saturated rings. The van der Waals surface area contributed by atoms with E-state index in [1.807, 2.05) is 6.92 Å². The predicted octanol–water partition coefficient (Wildman–Crippen LogP) is 2.07. The lowest BCUT2D eigenvalue weighted by Crippen LogP contribution is -2.16. The standard InChI is InChI=1S/C12H12N2O4S2/c1-2-9-13-10(12(15)16)11(19-9)14(20(17)18)8-6-4-3-5-7-8/h3-7,20H,2H2,1H3,(H,15,16). The van der Waals surface area contributed by atoms with Crippen LogP contribution < -0.4 is 4.31 Å². The smallest absolute Gasteiger partial charge is 0.357 e. The number of aromatic carboxylic acids is 1. The van der Waals surface area contributed by atoms with Crippen molar-refractivity contribution >= 4 is 38.9 Å². The normalized spacial score (nSPS) is 10.7. The first kappa shape index (κ1) is 14.5. The molecule has 2 rings (SSSR count). The fourth-order valence-corrected chi connectivity index (χ4v) is 3.46. The number of para-hydroxylation sites is 1. The van der Waals surface area contributed by atoms with E-state index in [2.05, 4.69) is 4.98 Å². The minimum Gasteiger partial charge on any atom is -0.476 e. The second-order valence-electron chi connectivity index (χ2n) is 3.81. The molecule has 1 aromatic carbocycles. The van der Waals surface area contributed by atoms with Crippen LogP contribution in [0.1, 0.15) is 22.4 Å². The lowest BCUT2D eigenvalue weighted by atomic mass is 10.3. The summed E-state index contributed by atoms with van der Waals surface area (Å²) in [5.41, 5.74) is 0.146. The summed E-state index contributed by atoms with van der Waals surface area (Å²) in [7, 11) is -3.01. The van der Waals surface area contributed by atoms with Gasteiger partial charge in [-0.15, -0.1) is 0 Å². The van der Waals surface area contributed by atoms with Crippen LogP contribution >= 0.6 is 11.3 Å². The molecule has 1 heterocycles. The van der Waals surface area contributed by atoms with Crippen molar-refractivity contribution in [2.45, 2.75) is 13.3 Å². The Balaban J connectivity index is 2.61. The minimum absolute atomic E-state index is 0.108. The van der Waals surface area contributed by atoms with Gasteiger partial charge in [0, 0.05) is 0 Å². The van der Waals surface area contributed by atoms with Crippen LogP contribution in [0.25, 0.3) is 0 Å². The molecule has 0 bridgehead atoms. The molecule has 8 heteroatoms. The highest BCUT2D eigenvalue weighted by atomic mass is 32.2. The Bertz CT molecular complexity index is 687. The van der Waals surface area contributed by atoms with Gasteiger partial charge in [-0.1, -0.05) is 36.5 Å². The average Bonchev–Trinajstić information content (AvgIpc) is 2.84. The van der Waals surface area contributed by atoms with Crippen LogP contribution in [0.15, 0.2) is 30.3 Å². The van der Waals surface area contributed by atoms with Gasteiger partial charge in [-0.25, -0.2) is 22.5 Å². The molecular weight excluding hydrogens is 300 g/mol. The van der Waals surface area contributed by atoms with Crippen molar-refractivity contribution in [1.29, 1.82) is 0 Å². The number of carboxylic acids is 1. The van der Waals surface area contributed by atoms with Crippen LogP contribution in [0.2, 0.25) is 0 Å². The highest BCUT2D eigenvalue weighted by molar-refractivity contribution is 7.74. The monoisotopic (exact) mass is 312 g/mol. The van der Waals surface area contributed by atoms with Gasteiger partial charge in [-0.2, -0.15) is 0 Å². The Kier molecular flexibility index (Phi) is 4.35. The molecule has 0 radical (unpaired) electrons. The van der Waals surface area contributed by atoms with E-state index in [0.717, 1.165) is 15.6 Å². The lowest BCUT2D eigenvalue weighted by molar-refractivity contribution is 0.0692. The number of carbonyl (C=O) groups is 1. The maximum atomic E-state index is 11.5. The van der Waals surface area contributed by atoms with Crippen molar-refractivity contribution in [3.63, 3.8) is 0 Å². The van der Waals surface area contributed by atoms with Gasteiger partial charge in [-0.05, 0) is 18.6 Å². The van der Waals surface area contributed by atoms with Gasteiger partial charge in [-0.3, -0.25) is 0 Å². The molecule has 6 nitrogen and oxygen atoms in total. The summed E-state index contributed by atoms with van der Waals surface area (Å²) in [6.07, 6.45) is 0.545. The fraction of sp³-hybridized carbons (Fsp3) is 0.167. The predicted molar refractivity (Wildman–Crippen MR) is 77.3 cm³/mol. The van der Waals surface area contributed by atoms with E-state index in [9.17, 15) is 18.3 Å². The molecule has 0 aliphatic carbocycles. The first-order valence-corrected chi connectivity index (χ1v) is 7.71. The van der Waals surface area contributed by atoms with E-state index in [0.29, 0.717) is 17.1 Å². The molecule has 1 aromatic heterocycles. The van der Waals surface area contributed by atoms with Crippen molar-refractivity contribution in [2.24, 2.45) is 0 Å². The van der Waals surface area contributed by atoms with Crippen LogP contribution in [0.3, 0.4) is 0 Å². The van der Waals surface area contributed by atoms with Crippen molar-refractivity contribution in [1.82, 2.24) is 4.98 Å². The van der Waals surface area contributed by atoms with Crippen LogP contribution in [0.5, 0.6) is 0 Å². The van der Waals surface area contributed by atoms with Gasteiger partial charge in [0.05, 0.1) is 10.7 Å². The van der Waals surface area contributed by atoms with Gasteiger partial charge in [0.1, 0.15) is 5.00 Å². The molecule has 0 saturated carbocycles.